The molecule has 3 N–H and O–H groups in total. The quantitative estimate of drug-likeness (QED) is 0.655. The lowest BCUT2D eigenvalue weighted by atomic mass is 9.88. The highest BCUT2D eigenvalue weighted by Gasteiger charge is 2.21. The van der Waals surface area contributed by atoms with Crippen LogP contribution in [-0.2, 0) is 27.2 Å². The minimum atomic E-state index is -0.496. The maximum absolute atomic E-state index is 12.4. The summed E-state index contributed by atoms with van der Waals surface area (Å²) < 4.78 is 4.48. The van der Waals surface area contributed by atoms with Gasteiger partial charge < -0.3 is 20.7 Å². The van der Waals surface area contributed by atoms with E-state index < -0.39 is 5.97 Å². The largest absolute Gasteiger partial charge is 0.468 e. The monoisotopic (exact) mass is 395 g/mol. The minimum absolute atomic E-state index is 0.0118. The molecule has 7 nitrogen and oxygen atoms in total. The number of anilines is 1. The van der Waals surface area contributed by atoms with Gasteiger partial charge in [-0.2, -0.15) is 0 Å². The molecule has 3 rings (SSSR count). The van der Waals surface area contributed by atoms with Gasteiger partial charge in [-0.25, -0.2) is 4.79 Å². The molecule has 1 aliphatic rings. The van der Waals surface area contributed by atoms with Crippen molar-refractivity contribution in [1.82, 2.24) is 10.6 Å². The van der Waals surface area contributed by atoms with Crippen LogP contribution in [-0.4, -0.2) is 31.6 Å². The van der Waals surface area contributed by atoms with E-state index in [0.717, 1.165) is 24.8 Å². The fourth-order valence-corrected chi connectivity index (χ4v) is 3.43. The Morgan fingerprint density at radius 1 is 1.07 bits per heavy atom. The molecule has 2 aromatic rings. The molecule has 7 heteroatoms. The van der Waals surface area contributed by atoms with Crippen LogP contribution in [0.5, 0.6) is 0 Å². The van der Waals surface area contributed by atoms with Gasteiger partial charge in [-0.3, -0.25) is 9.59 Å². The minimum Gasteiger partial charge on any atom is -0.468 e. The zero-order valence-corrected chi connectivity index (χ0v) is 16.4. The van der Waals surface area contributed by atoms with Crippen LogP contribution < -0.4 is 16.0 Å². The highest BCUT2D eigenvalue weighted by molar-refractivity contribution is 5.89. The third kappa shape index (κ3) is 5.81. The van der Waals surface area contributed by atoms with Gasteiger partial charge >= 0.3 is 12.0 Å². The second-order valence-electron chi connectivity index (χ2n) is 6.97. The molecule has 3 amide bonds. The van der Waals surface area contributed by atoms with E-state index in [4.69, 9.17) is 0 Å². The van der Waals surface area contributed by atoms with E-state index in [0.29, 0.717) is 5.69 Å². The summed E-state index contributed by atoms with van der Waals surface area (Å²) >= 11 is 0. The topological polar surface area (TPSA) is 96.5 Å². The Bertz CT molecular complexity index is 880. The summed E-state index contributed by atoms with van der Waals surface area (Å²) in [4.78, 5) is 35.3. The van der Waals surface area contributed by atoms with Crippen LogP contribution in [0.2, 0.25) is 0 Å². The lowest BCUT2D eigenvalue weighted by molar-refractivity contribution is -0.141. The van der Waals surface area contributed by atoms with Crippen LogP contribution in [0.1, 0.15) is 35.6 Å². The number of amides is 3. The maximum atomic E-state index is 12.4. The van der Waals surface area contributed by atoms with Gasteiger partial charge in [-0.15, -0.1) is 0 Å². The average molecular weight is 395 g/mol. The van der Waals surface area contributed by atoms with Crippen molar-refractivity contribution < 1.29 is 19.1 Å². The SMILES string of the molecule is COC(=O)CNC(=O)Cc1ccc(NC(=O)N[C@H]2CCCc3ccccc32)cc1. The number of fused-ring (bicyclic) bond motifs is 1. The summed E-state index contributed by atoms with van der Waals surface area (Å²) in [7, 11) is 1.27. The van der Waals surface area contributed by atoms with Crippen LogP contribution in [0.15, 0.2) is 48.5 Å². The number of methoxy groups -OCH3 is 1. The first kappa shape index (κ1) is 20.4. The number of benzene rings is 2. The van der Waals surface area contributed by atoms with E-state index in [9.17, 15) is 14.4 Å². The summed E-state index contributed by atoms with van der Waals surface area (Å²) in [5.41, 5.74) is 3.89. The molecule has 0 aromatic heterocycles. The Hall–Kier alpha value is -3.35. The second kappa shape index (κ2) is 9.73. The van der Waals surface area contributed by atoms with Gasteiger partial charge in [0.1, 0.15) is 6.54 Å². The third-order valence-corrected chi connectivity index (χ3v) is 4.91. The van der Waals surface area contributed by atoms with Crippen molar-refractivity contribution >= 4 is 23.6 Å². The summed E-state index contributed by atoms with van der Waals surface area (Å²) in [6.45, 7) is -0.153. The number of nitrogens with one attached hydrogen (secondary N) is 3. The van der Waals surface area contributed by atoms with Crippen LogP contribution in [0.4, 0.5) is 10.5 Å². The molecule has 0 saturated heterocycles. The molecule has 0 saturated carbocycles. The highest BCUT2D eigenvalue weighted by Crippen LogP contribution is 2.29. The predicted octanol–water partition coefficient (Wildman–Crippen LogP) is 2.72. The second-order valence-corrected chi connectivity index (χ2v) is 6.97. The zero-order chi connectivity index (χ0) is 20.6. The predicted molar refractivity (Wildman–Crippen MR) is 109 cm³/mol. The van der Waals surface area contributed by atoms with E-state index in [1.807, 2.05) is 12.1 Å². The molecule has 0 aliphatic heterocycles. The van der Waals surface area contributed by atoms with Crippen molar-refractivity contribution in [1.29, 1.82) is 0 Å². The van der Waals surface area contributed by atoms with Crippen molar-refractivity contribution in [2.75, 3.05) is 19.0 Å². The maximum Gasteiger partial charge on any atom is 0.325 e. The van der Waals surface area contributed by atoms with Gasteiger partial charge in [0.05, 0.1) is 19.6 Å². The average Bonchev–Trinajstić information content (AvgIpc) is 2.73. The van der Waals surface area contributed by atoms with E-state index in [2.05, 4.69) is 32.8 Å². The van der Waals surface area contributed by atoms with Gasteiger partial charge in [0.2, 0.25) is 5.91 Å². The number of urea groups is 1. The first-order valence-electron chi connectivity index (χ1n) is 9.63. The highest BCUT2D eigenvalue weighted by atomic mass is 16.5. The molecule has 0 heterocycles. The smallest absolute Gasteiger partial charge is 0.325 e. The van der Waals surface area contributed by atoms with Crippen LogP contribution in [0, 0.1) is 0 Å². The van der Waals surface area contributed by atoms with E-state index in [1.165, 1.54) is 18.2 Å². The molecule has 152 valence electrons. The first-order valence-corrected chi connectivity index (χ1v) is 9.63. The van der Waals surface area contributed by atoms with Gasteiger partial charge in [0.15, 0.2) is 0 Å². The number of hydrogen-bond acceptors (Lipinski definition) is 4. The van der Waals surface area contributed by atoms with Crippen molar-refractivity contribution in [2.24, 2.45) is 0 Å². The molecule has 29 heavy (non-hydrogen) atoms. The fourth-order valence-electron chi connectivity index (χ4n) is 3.43. The summed E-state index contributed by atoms with van der Waals surface area (Å²) in [5, 5.41) is 8.37. The molecule has 0 fully saturated rings. The van der Waals surface area contributed by atoms with Crippen LogP contribution in [0.3, 0.4) is 0 Å². The summed E-state index contributed by atoms with van der Waals surface area (Å²) in [5.74, 6) is -0.769. The summed E-state index contributed by atoms with van der Waals surface area (Å²) in [6.07, 6.45) is 3.16. The molecule has 0 unspecified atom stereocenters. The molecule has 1 aliphatic carbocycles. The molecule has 0 bridgehead atoms. The Morgan fingerprint density at radius 2 is 1.83 bits per heavy atom. The van der Waals surface area contributed by atoms with Crippen molar-refractivity contribution in [3.05, 3.63) is 65.2 Å². The number of ether oxygens (including phenoxy) is 1. The molecular weight excluding hydrogens is 370 g/mol. The lowest BCUT2D eigenvalue weighted by Gasteiger charge is -2.26. The van der Waals surface area contributed by atoms with Crippen LogP contribution >= 0.6 is 0 Å². The van der Waals surface area contributed by atoms with Gasteiger partial charge in [-0.1, -0.05) is 36.4 Å². The Balaban J connectivity index is 1.50. The van der Waals surface area contributed by atoms with E-state index in [1.54, 1.807) is 24.3 Å². The van der Waals surface area contributed by atoms with E-state index in [-0.39, 0.29) is 30.9 Å². The Kier molecular flexibility index (Phi) is 6.84. The van der Waals surface area contributed by atoms with Gasteiger partial charge in [0, 0.05) is 5.69 Å². The molecule has 0 spiro atoms. The lowest BCUT2D eigenvalue weighted by Crippen LogP contribution is -2.34. The number of carbonyl (C=O) groups is 3. The molecule has 1 atom stereocenters. The first-order chi connectivity index (χ1) is 14.0. The van der Waals surface area contributed by atoms with Gasteiger partial charge in [0.25, 0.3) is 0 Å². The van der Waals surface area contributed by atoms with E-state index >= 15 is 0 Å². The van der Waals surface area contributed by atoms with Gasteiger partial charge in [-0.05, 0) is 48.1 Å². The Morgan fingerprint density at radius 3 is 2.59 bits per heavy atom. The van der Waals surface area contributed by atoms with Crippen molar-refractivity contribution in [3.8, 4) is 0 Å². The number of aryl methyl sites for hydroxylation is 1. The summed E-state index contributed by atoms with van der Waals surface area (Å²) in [6, 6.07) is 15.0. The standard InChI is InChI=1S/C22H25N3O4/c1-29-21(27)14-23-20(26)13-15-9-11-17(12-10-15)24-22(28)25-19-8-4-6-16-5-2-3-7-18(16)19/h2-3,5,7,9-12,19H,4,6,8,13-14H2,1H3,(H,23,26)(H2,24,25,28)/t19-/m0/s1. The number of hydrogen-bond donors (Lipinski definition) is 3. The van der Waals surface area contributed by atoms with Crippen molar-refractivity contribution in [2.45, 2.75) is 31.7 Å². The molecular formula is C22H25N3O4. The number of carbonyl (C=O) groups excluding carboxylic acids is 3. The van der Waals surface area contributed by atoms with Crippen LogP contribution in [0.25, 0.3) is 0 Å². The number of rotatable bonds is 6. The number of esters is 1. The molecule has 2 aromatic carbocycles. The van der Waals surface area contributed by atoms with Crippen molar-refractivity contribution in [3.63, 3.8) is 0 Å². The fraction of sp³-hybridized carbons (Fsp3) is 0.318. The Labute approximate surface area is 169 Å². The zero-order valence-electron chi connectivity index (χ0n) is 16.4. The molecule has 0 radical (unpaired) electrons. The third-order valence-electron chi connectivity index (χ3n) is 4.91. The normalized spacial score (nSPS) is 15.0.